The molecule has 0 unspecified atom stereocenters. The fraction of sp³-hybridized carbons (Fsp3) is 0.394. The molecule has 5 rings (SSSR count). The van der Waals surface area contributed by atoms with Crippen molar-refractivity contribution >= 4 is 12.1 Å². The fourth-order valence-electron chi connectivity index (χ4n) is 6.29. The number of carbonyl (C=O) groups is 2. The van der Waals surface area contributed by atoms with Crippen LogP contribution >= 0.6 is 0 Å². The summed E-state index contributed by atoms with van der Waals surface area (Å²) in [6.07, 6.45) is 2.09. The highest BCUT2D eigenvalue weighted by atomic mass is 19.4. The smallest absolute Gasteiger partial charge is 0.383 e. The lowest BCUT2D eigenvalue weighted by atomic mass is 9.83. The van der Waals surface area contributed by atoms with Gasteiger partial charge < -0.3 is 25.1 Å². The summed E-state index contributed by atoms with van der Waals surface area (Å²) >= 11 is 0. The molecule has 234 valence electrons. The second kappa shape index (κ2) is 13.3. The average molecular weight is 610 g/mol. The van der Waals surface area contributed by atoms with Crippen LogP contribution < -0.4 is 5.32 Å². The van der Waals surface area contributed by atoms with Crippen LogP contribution in [0, 0.1) is 5.92 Å². The molecule has 1 aromatic heterocycles. The van der Waals surface area contributed by atoms with Crippen molar-refractivity contribution in [2.45, 2.75) is 37.2 Å². The van der Waals surface area contributed by atoms with Gasteiger partial charge in [0, 0.05) is 63.6 Å². The summed E-state index contributed by atoms with van der Waals surface area (Å²) in [6, 6.07) is 17.3. The van der Waals surface area contributed by atoms with E-state index in [1.54, 1.807) is 40.4 Å². The second-order valence-corrected chi connectivity index (χ2v) is 11.6. The first-order chi connectivity index (χ1) is 21.1. The Labute approximate surface area is 255 Å². The van der Waals surface area contributed by atoms with Crippen LogP contribution in [0.5, 0.6) is 0 Å². The Kier molecular flexibility index (Phi) is 9.45. The van der Waals surface area contributed by atoms with Crippen LogP contribution in [-0.4, -0.2) is 81.7 Å². The largest absolute Gasteiger partial charge is 0.416 e. The quantitative estimate of drug-likeness (QED) is 0.346. The molecule has 44 heavy (non-hydrogen) atoms. The van der Waals surface area contributed by atoms with Crippen molar-refractivity contribution in [1.82, 2.24) is 24.6 Å². The Morgan fingerprint density at radius 3 is 2.30 bits per heavy atom. The third kappa shape index (κ3) is 7.00. The molecule has 3 aromatic rings. The van der Waals surface area contributed by atoms with Crippen molar-refractivity contribution < 1.29 is 27.9 Å². The molecule has 0 radical (unpaired) electrons. The molecule has 3 heterocycles. The Bertz CT molecular complexity index is 1410. The van der Waals surface area contributed by atoms with Crippen LogP contribution in [0.25, 0.3) is 0 Å². The van der Waals surface area contributed by atoms with E-state index in [1.807, 2.05) is 30.3 Å². The summed E-state index contributed by atoms with van der Waals surface area (Å²) in [5.74, 6) is -0.211. The van der Waals surface area contributed by atoms with E-state index in [2.05, 4.69) is 16.8 Å². The van der Waals surface area contributed by atoms with Gasteiger partial charge in [0.2, 0.25) is 0 Å². The number of alkyl halides is 3. The van der Waals surface area contributed by atoms with E-state index < -0.39 is 17.3 Å². The number of hydrogen-bond donors (Lipinski definition) is 2. The van der Waals surface area contributed by atoms with E-state index in [4.69, 9.17) is 0 Å². The second-order valence-electron chi connectivity index (χ2n) is 11.6. The molecule has 0 spiro atoms. The number of piperidine rings is 1. The van der Waals surface area contributed by atoms with Crippen molar-refractivity contribution in [1.29, 1.82) is 0 Å². The van der Waals surface area contributed by atoms with Gasteiger partial charge in [-0.2, -0.15) is 13.2 Å². The van der Waals surface area contributed by atoms with Crippen LogP contribution in [0.15, 0.2) is 91.8 Å². The van der Waals surface area contributed by atoms with Crippen LogP contribution in [0.1, 0.15) is 29.5 Å². The van der Waals surface area contributed by atoms with Crippen LogP contribution in [-0.2, 0) is 18.3 Å². The number of aromatic nitrogens is 1. The first kappa shape index (κ1) is 31.3. The normalized spacial score (nSPS) is 21.3. The lowest BCUT2D eigenvalue weighted by molar-refractivity contribution is -0.137. The van der Waals surface area contributed by atoms with E-state index in [0.717, 1.165) is 17.7 Å². The summed E-state index contributed by atoms with van der Waals surface area (Å²) in [5, 5.41) is 14.8. The van der Waals surface area contributed by atoms with Gasteiger partial charge in [0.1, 0.15) is 5.60 Å². The number of hydrogen-bond acceptors (Lipinski definition) is 4. The zero-order valence-corrected chi connectivity index (χ0v) is 24.5. The van der Waals surface area contributed by atoms with E-state index in [9.17, 15) is 27.9 Å². The summed E-state index contributed by atoms with van der Waals surface area (Å²) in [7, 11) is 0. The minimum atomic E-state index is -4.41. The lowest BCUT2D eigenvalue weighted by Gasteiger charge is -2.40. The molecule has 2 aliphatic rings. The summed E-state index contributed by atoms with van der Waals surface area (Å²) in [5.41, 5.74) is -0.572. The van der Waals surface area contributed by atoms with Crippen molar-refractivity contribution in [3.63, 3.8) is 0 Å². The maximum absolute atomic E-state index is 13.2. The van der Waals surface area contributed by atoms with Crippen molar-refractivity contribution in [3.05, 3.63) is 108 Å². The number of nitrogens with zero attached hydrogens (tertiary/aromatic N) is 4. The van der Waals surface area contributed by atoms with Gasteiger partial charge >= 0.3 is 18.2 Å². The zero-order valence-electron chi connectivity index (χ0n) is 24.5. The van der Waals surface area contributed by atoms with Gasteiger partial charge in [-0.15, -0.1) is 6.58 Å². The number of likely N-dealkylation sites (tertiary alicyclic amines) is 2. The van der Waals surface area contributed by atoms with Gasteiger partial charge in [0.15, 0.2) is 0 Å². The van der Waals surface area contributed by atoms with E-state index in [0.29, 0.717) is 51.1 Å². The summed E-state index contributed by atoms with van der Waals surface area (Å²) in [6.45, 7) is 6.87. The molecule has 8 nitrogen and oxygen atoms in total. The topological polar surface area (TPSA) is 81.1 Å². The molecule has 2 aliphatic heterocycles. The number of aliphatic hydroxyl groups is 1. The molecule has 2 saturated heterocycles. The van der Waals surface area contributed by atoms with Crippen LogP contribution in [0.2, 0.25) is 0 Å². The predicted molar refractivity (Wildman–Crippen MR) is 161 cm³/mol. The maximum atomic E-state index is 13.2. The molecular weight excluding hydrogens is 571 g/mol. The van der Waals surface area contributed by atoms with E-state index in [-0.39, 0.29) is 37.1 Å². The first-order valence-corrected chi connectivity index (χ1v) is 14.8. The standard InChI is InChI=1S/C33H38F3N5O3/c1-2-16-41(30(42)37-21-25-10-12-27(13-11-25)33(34,35)36)29-14-19-38(20-15-29)22-28-23-40(31(43)39-17-6-7-18-39)24-32(28,44)26-8-4-3-5-9-26/h2-13,17-18,28-29,44H,1,14-16,19-24H2,(H,37,42)/t28-,32-/m0/s1. The molecule has 0 saturated carbocycles. The molecule has 3 amide bonds. The van der Waals surface area contributed by atoms with Gasteiger partial charge in [-0.25, -0.2) is 9.59 Å². The minimum absolute atomic E-state index is 0.0414. The van der Waals surface area contributed by atoms with Crippen LogP contribution in [0.3, 0.4) is 0 Å². The number of urea groups is 1. The van der Waals surface area contributed by atoms with Crippen molar-refractivity contribution in [2.24, 2.45) is 5.92 Å². The SMILES string of the molecule is C=CCN(C(=O)NCc1ccc(C(F)(F)F)cc1)C1CCN(C[C@H]2CN(C(=O)n3cccc3)C[C@]2(O)c2ccccc2)CC1. The molecule has 2 atom stereocenters. The van der Waals surface area contributed by atoms with Crippen molar-refractivity contribution in [3.8, 4) is 0 Å². The lowest BCUT2D eigenvalue weighted by Crippen LogP contribution is -2.52. The van der Waals surface area contributed by atoms with Crippen molar-refractivity contribution in [2.75, 3.05) is 39.3 Å². The third-order valence-corrected chi connectivity index (χ3v) is 8.71. The molecule has 2 aromatic carbocycles. The van der Waals surface area contributed by atoms with E-state index >= 15 is 0 Å². The average Bonchev–Trinajstić information content (AvgIpc) is 3.68. The molecular formula is C33H38F3N5O3. The number of β-amino-alcohol motifs (C(OH)–C–C–N with tert-alkyl or cyclic N) is 1. The van der Waals surface area contributed by atoms with Gasteiger partial charge in [0.05, 0.1) is 12.1 Å². The first-order valence-electron chi connectivity index (χ1n) is 14.8. The predicted octanol–water partition coefficient (Wildman–Crippen LogP) is 5.16. The fourth-order valence-corrected chi connectivity index (χ4v) is 6.29. The van der Waals surface area contributed by atoms with Gasteiger partial charge in [-0.3, -0.25) is 4.57 Å². The highest BCUT2D eigenvalue weighted by Crippen LogP contribution is 2.38. The molecule has 2 fully saturated rings. The molecule has 0 bridgehead atoms. The highest BCUT2D eigenvalue weighted by molar-refractivity contribution is 5.77. The molecule has 2 N–H and O–H groups in total. The van der Waals surface area contributed by atoms with Gasteiger partial charge in [0.25, 0.3) is 0 Å². The van der Waals surface area contributed by atoms with Gasteiger partial charge in [-0.1, -0.05) is 48.5 Å². The molecule has 11 heteroatoms. The Hall–Kier alpha value is -4.09. The number of benzene rings is 2. The number of halogens is 3. The number of amides is 3. The van der Waals surface area contributed by atoms with Gasteiger partial charge in [-0.05, 0) is 48.2 Å². The Balaban J connectivity index is 1.20. The Morgan fingerprint density at radius 2 is 1.68 bits per heavy atom. The molecule has 0 aliphatic carbocycles. The van der Waals surface area contributed by atoms with Crippen LogP contribution in [0.4, 0.5) is 22.8 Å². The number of carbonyl (C=O) groups excluding carboxylic acids is 2. The minimum Gasteiger partial charge on any atom is -0.383 e. The third-order valence-electron chi connectivity index (χ3n) is 8.71. The monoisotopic (exact) mass is 609 g/mol. The number of nitrogens with one attached hydrogen (secondary N) is 1. The summed E-state index contributed by atoms with van der Waals surface area (Å²) in [4.78, 5) is 32.0. The highest BCUT2D eigenvalue weighted by Gasteiger charge is 2.49. The van der Waals surface area contributed by atoms with E-state index in [1.165, 1.54) is 16.7 Å². The summed E-state index contributed by atoms with van der Waals surface area (Å²) < 4.78 is 40.1. The number of rotatable bonds is 8. The Morgan fingerprint density at radius 1 is 1.02 bits per heavy atom. The zero-order chi connectivity index (χ0) is 31.3. The maximum Gasteiger partial charge on any atom is 0.416 e.